The minimum atomic E-state index is -3.86. The monoisotopic (exact) mass is 398 g/mol. The van der Waals surface area contributed by atoms with E-state index in [2.05, 4.69) is 21.2 Å². The van der Waals surface area contributed by atoms with Crippen molar-refractivity contribution in [3.05, 3.63) is 27.4 Å². The van der Waals surface area contributed by atoms with E-state index in [4.69, 9.17) is 11.6 Å². The Kier molecular flexibility index (Phi) is 5.65. The van der Waals surface area contributed by atoms with Crippen LogP contribution < -0.4 is 5.32 Å². The second-order valence-corrected chi connectivity index (χ2v) is 8.29. The summed E-state index contributed by atoms with van der Waals surface area (Å²) in [4.78, 5) is -0.360. The molecule has 0 spiro atoms. The highest BCUT2D eigenvalue weighted by molar-refractivity contribution is 9.10. The molecule has 0 bridgehead atoms. The number of nitrogens with one attached hydrogen (secondary N) is 1. The van der Waals surface area contributed by atoms with E-state index in [1.165, 1.54) is 4.31 Å². The van der Waals surface area contributed by atoms with Crippen LogP contribution in [0.3, 0.4) is 0 Å². The van der Waals surface area contributed by atoms with Crippen LogP contribution in [-0.2, 0) is 10.0 Å². The van der Waals surface area contributed by atoms with Gasteiger partial charge >= 0.3 is 0 Å². The van der Waals surface area contributed by atoms with Crippen LogP contribution in [0.1, 0.15) is 12.8 Å². The lowest BCUT2D eigenvalue weighted by molar-refractivity contribution is 0.263. The van der Waals surface area contributed by atoms with Crippen LogP contribution >= 0.6 is 27.5 Å². The number of hydrogen-bond acceptors (Lipinski definition) is 3. The van der Waals surface area contributed by atoms with E-state index in [9.17, 15) is 12.8 Å². The van der Waals surface area contributed by atoms with E-state index in [0.29, 0.717) is 17.6 Å². The van der Waals surface area contributed by atoms with Crippen LogP contribution in [-0.4, -0.2) is 39.4 Å². The second kappa shape index (κ2) is 6.91. The molecule has 0 aromatic heterocycles. The number of benzene rings is 1. The van der Waals surface area contributed by atoms with Gasteiger partial charge in [-0.3, -0.25) is 0 Å². The minimum absolute atomic E-state index is 0.179. The van der Waals surface area contributed by atoms with E-state index >= 15 is 0 Å². The molecule has 4 nitrogen and oxygen atoms in total. The summed E-state index contributed by atoms with van der Waals surface area (Å²) in [5, 5.41) is 3.23. The lowest BCUT2D eigenvalue weighted by Crippen LogP contribution is -2.42. The molecule has 1 unspecified atom stereocenters. The number of rotatable bonds is 4. The summed E-state index contributed by atoms with van der Waals surface area (Å²) in [6, 6.07) is 2.25. The van der Waals surface area contributed by atoms with E-state index in [1.807, 2.05) is 7.05 Å². The van der Waals surface area contributed by atoms with Gasteiger partial charge in [0.15, 0.2) is 0 Å². The van der Waals surface area contributed by atoms with E-state index in [1.54, 1.807) is 0 Å². The van der Waals surface area contributed by atoms with Gasteiger partial charge < -0.3 is 5.32 Å². The maximum Gasteiger partial charge on any atom is 0.246 e. The Balaban J connectivity index is 2.31. The Morgan fingerprint density at radius 3 is 2.90 bits per heavy atom. The van der Waals surface area contributed by atoms with Crippen molar-refractivity contribution in [3.63, 3.8) is 0 Å². The summed E-state index contributed by atoms with van der Waals surface area (Å²) in [5.41, 5.74) is 0. The van der Waals surface area contributed by atoms with Crippen LogP contribution in [0.25, 0.3) is 0 Å². The Bertz CT molecular complexity index is 625. The van der Waals surface area contributed by atoms with Crippen molar-refractivity contribution < 1.29 is 12.8 Å². The zero-order chi connectivity index (χ0) is 15.6. The fourth-order valence-corrected chi connectivity index (χ4v) is 4.71. The van der Waals surface area contributed by atoms with Crippen molar-refractivity contribution in [2.75, 3.05) is 26.7 Å². The molecule has 21 heavy (non-hydrogen) atoms. The highest BCUT2D eigenvalue weighted by Crippen LogP contribution is 2.31. The molecule has 2 rings (SSSR count). The van der Waals surface area contributed by atoms with Crippen LogP contribution in [0, 0.1) is 11.7 Å². The fourth-order valence-electron chi connectivity index (χ4n) is 2.54. The lowest BCUT2D eigenvalue weighted by atomic mass is 10.00. The van der Waals surface area contributed by atoms with Gasteiger partial charge in [0.2, 0.25) is 10.0 Å². The third kappa shape index (κ3) is 3.76. The molecule has 1 aromatic carbocycles. The molecule has 8 heteroatoms. The minimum Gasteiger partial charge on any atom is -0.319 e. The lowest BCUT2D eigenvalue weighted by Gasteiger charge is -2.32. The maximum absolute atomic E-state index is 14.0. The molecule has 1 saturated heterocycles. The number of halogens is 3. The molecule has 1 N–H and O–H groups in total. The number of hydrogen-bond donors (Lipinski definition) is 1. The molecule has 1 aliphatic heterocycles. The van der Waals surface area contributed by atoms with Crippen LogP contribution in [0.15, 0.2) is 21.5 Å². The van der Waals surface area contributed by atoms with Crippen molar-refractivity contribution in [1.29, 1.82) is 0 Å². The summed E-state index contributed by atoms with van der Waals surface area (Å²) in [6.45, 7) is 1.56. The largest absolute Gasteiger partial charge is 0.319 e. The summed E-state index contributed by atoms with van der Waals surface area (Å²) in [6.07, 6.45) is 1.74. The first kappa shape index (κ1) is 17.1. The molecule has 1 fully saturated rings. The molecule has 1 aromatic rings. The molecule has 0 radical (unpaired) electrons. The van der Waals surface area contributed by atoms with Crippen molar-refractivity contribution in [2.24, 2.45) is 5.92 Å². The zero-order valence-corrected chi connectivity index (χ0v) is 14.7. The van der Waals surface area contributed by atoms with Crippen molar-refractivity contribution >= 4 is 37.6 Å². The number of nitrogens with zero attached hydrogens (tertiary/aromatic N) is 1. The molecule has 0 saturated carbocycles. The first-order valence-corrected chi connectivity index (χ1v) is 9.26. The first-order valence-electron chi connectivity index (χ1n) is 6.65. The molecule has 1 aliphatic rings. The molecule has 1 atom stereocenters. The number of piperidine rings is 1. The van der Waals surface area contributed by atoms with Gasteiger partial charge in [0, 0.05) is 17.6 Å². The predicted octanol–water partition coefficient (Wildman–Crippen LogP) is 2.86. The van der Waals surface area contributed by atoms with E-state index in [0.717, 1.165) is 31.5 Å². The molecular formula is C13H17BrClFN2O2S. The Labute approximate surface area is 137 Å². The van der Waals surface area contributed by atoms with Crippen LogP contribution in [0.2, 0.25) is 5.02 Å². The normalized spacial score (nSPS) is 20.7. The highest BCUT2D eigenvalue weighted by atomic mass is 79.9. The summed E-state index contributed by atoms with van der Waals surface area (Å²) >= 11 is 8.99. The van der Waals surface area contributed by atoms with Gasteiger partial charge in [0.05, 0.1) is 5.02 Å². The SMILES string of the molecule is CNCC1CCCN(S(=O)(=O)c2cc(Cl)c(Br)cc2F)C1. The molecule has 1 heterocycles. The fraction of sp³-hybridized carbons (Fsp3) is 0.538. The van der Waals surface area contributed by atoms with Crippen LogP contribution in [0.4, 0.5) is 4.39 Å². The smallest absolute Gasteiger partial charge is 0.246 e. The second-order valence-electron chi connectivity index (χ2n) is 5.13. The Morgan fingerprint density at radius 2 is 2.24 bits per heavy atom. The van der Waals surface area contributed by atoms with Gasteiger partial charge in [0.25, 0.3) is 0 Å². The molecular weight excluding hydrogens is 383 g/mol. The summed E-state index contributed by atoms with van der Waals surface area (Å²) in [5.74, 6) is -0.547. The van der Waals surface area contributed by atoms with E-state index < -0.39 is 15.8 Å². The average molecular weight is 400 g/mol. The number of sulfonamides is 1. The Morgan fingerprint density at radius 1 is 1.52 bits per heavy atom. The first-order chi connectivity index (χ1) is 9.86. The van der Waals surface area contributed by atoms with E-state index in [-0.39, 0.29) is 15.8 Å². The van der Waals surface area contributed by atoms with Crippen molar-refractivity contribution in [1.82, 2.24) is 9.62 Å². The van der Waals surface area contributed by atoms with Crippen molar-refractivity contribution in [2.45, 2.75) is 17.7 Å². The van der Waals surface area contributed by atoms with Gasteiger partial charge in [-0.1, -0.05) is 11.6 Å². The summed E-state index contributed by atoms with van der Waals surface area (Å²) < 4.78 is 40.9. The standard InChI is InChI=1S/C13H17BrClFN2O2S/c1-17-7-9-3-2-4-18(8-9)21(19,20)13-6-11(15)10(14)5-12(13)16/h5-6,9,17H,2-4,7-8H2,1H3. The van der Waals surface area contributed by atoms with Gasteiger partial charge in [0.1, 0.15) is 10.7 Å². The topological polar surface area (TPSA) is 49.4 Å². The highest BCUT2D eigenvalue weighted by Gasteiger charge is 2.32. The summed E-state index contributed by atoms with van der Waals surface area (Å²) in [7, 11) is -2.02. The quantitative estimate of drug-likeness (QED) is 0.792. The van der Waals surface area contributed by atoms with Gasteiger partial charge in [-0.05, 0) is 60.4 Å². The molecule has 0 amide bonds. The van der Waals surface area contributed by atoms with Gasteiger partial charge in [-0.2, -0.15) is 4.31 Å². The average Bonchev–Trinajstić information content (AvgIpc) is 2.43. The molecule has 0 aliphatic carbocycles. The van der Waals surface area contributed by atoms with Gasteiger partial charge in [-0.25, -0.2) is 12.8 Å². The van der Waals surface area contributed by atoms with Gasteiger partial charge in [-0.15, -0.1) is 0 Å². The molecule has 118 valence electrons. The van der Waals surface area contributed by atoms with Crippen LogP contribution in [0.5, 0.6) is 0 Å². The third-order valence-corrected chi connectivity index (χ3v) is 6.64. The third-order valence-electron chi connectivity index (χ3n) is 3.57. The predicted molar refractivity (Wildman–Crippen MR) is 84.5 cm³/mol. The maximum atomic E-state index is 14.0. The van der Waals surface area contributed by atoms with Crippen molar-refractivity contribution in [3.8, 4) is 0 Å². The zero-order valence-electron chi connectivity index (χ0n) is 11.6. The Hall–Kier alpha value is -0.210.